The second-order valence-electron chi connectivity index (χ2n) is 11.6. The van der Waals surface area contributed by atoms with Crippen LogP contribution < -0.4 is 21.3 Å². The molecule has 0 aliphatic carbocycles. The van der Waals surface area contributed by atoms with Gasteiger partial charge in [-0.1, -0.05) is 5.11 Å². The van der Waals surface area contributed by atoms with Crippen molar-refractivity contribution in [3.8, 4) is 0 Å². The van der Waals surface area contributed by atoms with Crippen LogP contribution in [0.3, 0.4) is 0 Å². The number of hydrogen-bond acceptors (Lipinski definition) is 16. The molecule has 0 aromatic heterocycles. The van der Waals surface area contributed by atoms with Gasteiger partial charge in [-0.3, -0.25) is 19.2 Å². The van der Waals surface area contributed by atoms with Crippen LogP contribution in [0.4, 0.5) is 0 Å². The van der Waals surface area contributed by atoms with Crippen molar-refractivity contribution in [2.45, 2.75) is 107 Å². The van der Waals surface area contributed by atoms with Crippen LogP contribution in [-0.4, -0.2) is 171 Å². The van der Waals surface area contributed by atoms with Gasteiger partial charge in [-0.15, -0.1) is 0 Å². The Kier molecular flexibility index (Phi) is 16.6. The minimum atomic E-state index is -2.82. The molecule has 0 radical (unpaired) electrons. The van der Waals surface area contributed by atoms with E-state index in [-0.39, 0.29) is 19.5 Å². The fraction of sp³-hybridized carbons (Fsp3) is 0.815. The molecule has 2 saturated heterocycles. The summed E-state index contributed by atoms with van der Waals surface area (Å²) in [5.74, 6) is -7.43. The van der Waals surface area contributed by atoms with Crippen molar-refractivity contribution in [2.24, 2.45) is 5.11 Å². The van der Waals surface area contributed by atoms with Gasteiger partial charge in [0.15, 0.2) is 6.29 Å². The number of azide groups is 1. The summed E-state index contributed by atoms with van der Waals surface area (Å²) < 4.78 is 22.5. The van der Waals surface area contributed by atoms with Crippen molar-refractivity contribution >= 4 is 29.6 Å². The Balaban J connectivity index is 2.31. The number of aliphatic carboxylic acids is 1. The highest BCUT2D eigenvalue weighted by atomic mass is 16.7. The summed E-state index contributed by atoms with van der Waals surface area (Å²) in [6.07, 6.45) is -15.2. The number of aliphatic hydroxyl groups excluding tert-OH is 6. The molecule has 2 rings (SSSR count). The number of amides is 4. The lowest BCUT2D eigenvalue weighted by Gasteiger charge is -2.47. The summed E-state index contributed by atoms with van der Waals surface area (Å²) in [7, 11) is 0. The highest BCUT2D eigenvalue weighted by molar-refractivity contribution is 5.86. The van der Waals surface area contributed by atoms with E-state index in [2.05, 4.69) is 31.3 Å². The second kappa shape index (κ2) is 19.6. The molecular weight excluding hydrogens is 678 g/mol. The van der Waals surface area contributed by atoms with Crippen molar-refractivity contribution < 1.29 is 78.7 Å². The third kappa shape index (κ3) is 11.7. The molecule has 2 heterocycles. The molecule has 2 fully saturated rings. The first kappa shape index (κ1) is 42.4. The van der Waals surface area contributed by atoms with Crippen LogP contribution in [0, 0.1) is 0 Å². The van der Waals surface area contributed by atoms with E-state index in [1.807, 2.05) is 0 Å². The molecule has 50 heavy (non-hydrogen) atoms. The number of carbonyl (C=O) groups excluding carboxylic acids is 4. The smallest absolute Gasteiger partial charge is 0.364 e. The number of nitrogens with one attached hydrogen (secondary N) is 4. The topological polar surface area (TPSA) is 361 Å². The Hall–Kier alpha value is -3.74. The van der Waals surface area contributed by atoms with Crippen LogP contribution in [0.2, 0.25) is 0 Å². The standard InChI is InChI=1S/C27H45N7O16/c1-11(36)31-14(24(44)29-5-4-6-30-34-28)9-47-25-19(33-13(3)38)22(43)21(42)17(49-25)10-48-27(26(45)46)7-15(39)18(32-12(2)37)23(50-27)20(41)16(40)8-35/h14-23,25,35,39-43H,4-10H2,1-3H3,(H,29,44)(H,31,36)(H,32,37)(H,33,38)(H,45,46)/t14-,15-,16+,17+,18+,19+,20-,21-,22+,23+,25-,27+/m0/s1. The number of aliphatic hydroxyl groups is 6. The Morgan fingerprint density at radius 3 is 2.22 bits per heavy atom. The summed E-state index contributed by atoms with van der Waals surface area (Å²) >= 11 is 0. The lowest BCUT2D eigenvalue weighted by molar-refractivity contribution is -0.330. The fourth-order valence-corrected chi connectivity index (χ4v) is 5.24. The third-order valence-electron chi connectivity index (χ3n) is 7.66. The van der Waals surface area contributed by atoms with Gasteiger partial charge in [0.25, 0.3) is 5.79 Å². The van der Waals surface area contributed by atoms with E-state index in [9.17, 15) is 59.7 Å². The molecule has 0 aromatic carbocycles. The summed E-state index contributed by atoms with van der Waals surface area (Å²) in [6.45, 7) is 0.899. The second-order valence-corrected chi connectivity index (χ2v) is 11.6. The molecule has 12 atom stereocenters. The minimum Gasteiger partial charge on any atom is -0.477 e. The van der Waals surface area contributed by atoms with E-state index in [4.69, 9.17) is 24.5 Å². The van der Waals surface area contributed by atoms with Gasteiger partial charge in [0.05, 0.1) is 32.0 Å². The Morgan fingerprint density at radius 1 is 1.02 bits per heavy atom. The molecule has 4 amide bonds. The van der Waals surface area contributed by atoms with Crippen LogP contribution >= 0.6 is 0 Å². The average molecular weight is 724 g/mol. The lowest BCUT2D eigenvalue weighted by atomic mass is 9.88. The summed E-state index contributed by atoms with van der Waals surface area (Å²) in [5.41, 5.74) is 8.37. The largest absolute Gasteiger partial charge is 0.477 e. The number of carboxylic acids is 1. The van der Waals surface area contributed by atoms with Crippen molar-refractivity contribution in [3.63, 3.8) is 0 Å². The SMILES string of the molecule is CC(=O)N[C@H]1[C@@H](OC[C@H](NC(C)=O)C(=O)NCCCN=[N+]=[N-])O[C@H](CO[C@]2(C(=O)O)C[C@H](O)[C@@H](NC(C)=O)[C@H]([C@@H](O)[C@H](O)CO)O2)[C@H](O)[C@@H]1O. The predicted molar refractivity (Wildman–Crippen MR) is 162 cm³/mol. The molecule has 0 aromatic rings. The number of rotatable bonds is 18. The highest BCUT2D eigenvalue weighted by Gasteiger charge is 2.57. The van der Waals surface area contributed by atoms with E-state index in [1.165, 1.54) is 0 Å². The molecule has 0 bridgehead atoms. The number of carbonyl (C=O) groups is 5. The predicted octanol–water partition coefficient (Wildman–Crippen LogP) is -5.56. The first-order chi connectivity index (χ1) is 23.5. The monoisotopic (exact) mass is 723 g/mol. The van der Waals surface area contributed by atoms with Crippen LogP contribution in [0.25, 0.3) is 10.4 Å². The third-order valence-corrected chi connectivity index (χ3v) is 7.66. The van der Waals surface area contributed by atoms with E-state index < -0.39 is 129 Å². The van der Waals surface area contributed by atoms with Gasteiger partial charge in [0.2, 0.25) is 23.6 Å². The number of carboxylic acid groups (broad SMARTS) is 1. The van der Waals surface area contributed by atoms with E-state index in [1.54, 1.807) is 0 Å². The number of hydrogen-bond donors (Lipinski definition) is 11. The van der Waals surface area contributed by atoms with E-state index >= 15 is 0 Å². The first-order valence-electron chi connectivity index (χ1n) is 15.4. The van der Waals surface area contributed by atoms with E-state index in [0.717, 1.165) is 20.8 Å². The Morgan fingerprint density at radius 2 is 1.66 bits per heavy atom. The highest BCUT2D eigenvalue weighted by Crippen LogP contribution is 2.35. The molecule has 0 spiro atoms. The molecular formula is C27H45N7O16. The Bertz CT molecular complexity index is 1240. The zero-order valence-corrected chi connectivity index (χ0v) is 27.4. The van der Waals surface area contributed by atoms with Gasteiger partial charge in [-0.05, 0) is 12.0 Å². The number of ether oxygens (including phenoxy) is 4. The molecule has 23 heteroatoms. The summed E-state index contributed by atoms with van der Waals surface area (Å²) in [6, 6.07) is -4.29. The van der Waals surface area contributed by atoms with Crippen LogP contribution in [0.15, 0.2) is 5.11 Å². The molecule has 0 unspecified atom stereocenters. The number of nitrogens with zero attached hydrogens (tertiary/aromatic N) is 3. The van der Waals surface area contributed by atoms with Crippen LogP contribution in [0.1, 0.15) is 33.6 Å². The van der Waals surface area contributed by atoms with Crippen molar-refractivity contribution in [2.75, 3.05) is 32.9 Å². The summed E-state index contributed by atoms with van der Waals surface area (Å²) in [5, 5.41) is 85.6. The zero-order chi connectivity index (χ0) is 37.8. The fourth-order valence-electron chi connectivity index (χ4n) is 5.24. The first-order valence-corrected chi connectivity index (χ1v) is 15.4. The maximum Gasteiger partial charge on any atom is 0.364 e. The average Bonchev–Trinajstić information content (AvgIpc) is 3.04. The minimum absolute atomic E-state index is 0.0667. The van der Waals surface area contributed by atoms with E-state index in [0.29, 0.717) is 0 Å². The normalized spacial score (nSPS) is 31.2. The quantitative estimate of drug-likeness (QED) is 0.0272. The molecule has 2 aliphatic rings. The van der Waals surface area contributed by atoms with Crippen molar-refractivity contribution in [1.82, 2.24) is 21.3 Å². The molecule has 0 saturated carbocycles. The molecule has 23 nitrogen and oxygen atoms in total. The molecule has 2 aliphatic heterocycles. The Labute approximate surface area is 284 Å². The van der Waals surface area contributed by atoms with Gasteiger partial charge in [0, 0.05) is 45.2 Å². The maximum absolute atomic E-state index is 12.8. The maximum atomic E-state index is 12.8. The lowest BCUT2D eigenvalue weighted by Crippen LogP contribution is -2.69. The van der Waals surface area contributed by atoms with Crippen molar-refractivity contribution in [3.05, 3.63) is 10.4 Å². The van der Waals surface area contributed by atoms with Crippen LogP contribution in [-0.2, 0) is 42.9 Å². The van der Waals surface area contributed by atoms with Gasteiger partial charge >= 0.3 is 5.97 Å². The van der Waals surface area contributed by atoms with Gasteiger partial charge in [-0.25, -0.2) is 4.79 Å². The van der Waals surface area contributed by atoms with Gasteiger partial charge in [0.1, 0.15) is 48.7 Å². The van der Waals surface area contributed by atoms with Crippen molar-refractivity contribution in [1.29, 1.82) is 0 Å². The molecule has 284 valence electrons. The molecule has 11 N–H and O–H groups in total. The summed E-state index contributed by atoms with van der Waals surface area (Å²) in [4.78, 5) is 63.4. The van der Waals surface area contributed by atoms with Gasteiger partial charge in [-0.2, -0.15) is 0 Å². The van der Waals surface area contributed by atoms with Gasteiger partial charge < -0.3 is 76.0 Å². The zero-order valence-electron chi connectivity index (χ0n) is 27.4. The van der Waals surface area contributed by atoms with Crippen LogP contribution in [0.5, 0.6) is 0 Å².